The van der Waals surface area contributed by atoms with Crippen LogP contribution in [0.4, 0.5) is 11.4 Å². The molecule has 4 nitrogen and oxygen atoms in total. The van der Waals surface area contributed by atoms with Gasteiger partial charge in [-0.25, -0.2) is 0 Å². The Hall–Kier alpha value is -1.39. The predicted octanol–water partition coefficient (Wildman–Crippen LogP) is 2.91. The molecule has 1 unspecified atom stereocenters. The van der Waals surface area contributed by atoms with Crippen molar-refractivity contribution in [3.05, 3.63) is 30.6 Å². The third kappa shape index (κ3) is 2.51. The van der Waals surface area contributed by atoms with E-state index in [-0.39, 0.29) is 5.92 Å². The van der Waals surface area contributed by atoms with E-state index in [4.69, 9.17) is 34.7 Å². The summed E-state index contributed by atoms with van der Waals surface area (Å²) in [6, 6.07) is 5.57. The van der Waals surface area contributed by atoms with E-state index in [1.54, 1.807) is 12.3 Å². The van der Waals surface area contributed by atoms with Gasteiger partial charge in [-0.15, -0.1) is 23.2 Å². The van der Waals surface area contributed by atoms with Crippen molar-refractivity contribution in [2.45, 2.75) is 17.3 Å². The minimum atomic E-state index is -0.572. The van der Waals surface area contributed by atoms with Crippen LogP contribution < -0.4 is 11.5 Å². The summed E-state index contributed by atoms with van der Waals surface area (Å²) in [5.74, 6) is 0.278. The van der Waals surface area contributed by atoms with Gasteiger partial charge in [0.15, 0.2) is 0 Å². The lowest BCUT2D eigenvalue weighted by Crippen LogP contribution is -2.04. The van der Waals surface area contributed by atoms with Gasteiger partial charge in [0.05, 0.1) is 17.6 Å². The first kappa shape index (κ1) is 12.6. The van der Waals surface area contributed by atoms with E-state index in [2.05, 4.69) is 5.10 Å². The van der Waals surface area contributed by atoms with Crippen molar-refractivity contribution >= 4 is 34.6 Å². The fourth-order valence-corrected chi connectivity index (χ4v) is 2.57. The molecule has 0 radical (unpaired) electrons. The fraction of sp³-hybridized carbons (Fsp3) is 0.308. The van der Waals surface area contributed by atoms with Crippen molar-refractivity contribution in [1.82, 2.24) is 9.78 Å². The number of benzene rings is 1. The highest BCUT2D eigenvalue weighted by molar-refractivity contribution is 6.50. The number of rotatable bonds is 3. The van der Waals surface area contributed by atoms with Gasteiger partial charge >= 0.3 is 0 Å². The van der Waals surface area contributed by atoms with E-state index < -0.39 is 4.33 Å². The monoisotopic (exact) mass is 296 g/mol. The highest BCUT2D eigenvalue weighted by Crippen LogP contribution is 2.53. The van der Waals surface area contributed by atoms with Gasteiger partial charge in [0.25, 0.3) is 0 Å². The highest BCUT2D eigenvalue weighted by Gasteiger charge is 2.51. The number of nitrogens with zero attached hydrogens (tertiary/aromatic N) is 2. The van der Waals surface area contributed by atoms with Gasteiger partial charge in [-0.2, -0.15) is 5.10 Å². The van der Waals surface area contributed by atoms with E-state index in [0.29, 0.717) is 11.4 Å². The molecule has 4 N–H and O–H groups in total. The number of nitrogen functional groups attached to an aromatic ring is 2. The van der Waals surface area contributed by atoms with Crippen LogP contribution in [0.15, 0.2) is 30.6 Å². The molecular formula is C13H14Cl2N4. The van der Waals surface area contributed by atoms with Crippen molar-refractivity contribution in [1.29, 1.82) is 0 Å². The van der Waals surface area contributed by atoms with Crippen LogP contribution in [0.3, 0.4) is 0 Å². The average molecular weight is 297 g/mol. The van der Waals surface area contributed by atoms with Crippen LogP contribution >= 0.6 is 23.2 Å². The minimum Gasteiger partial charge on any atom is -0.397 e. The Morgan fingerprint density at radius 3 is 2.63 bits per heavy atom. The van der Waals surface area contributed by atoms with E-state index in [1.807, 2.05) is 23.0 Å². The number of halogens is 2. The van der Waals surface area contributed by atoms with Crippen LogP contribution in [0.5, 0.6) is 0 Å². The summed E-state index contributed by atoms with van der Waals surface area (Å²) in [6.45, 7) is 0.734. The topological polar surface area (TPSA) is 69.9 Å². The molecule has 1 aromatic heterocycles. The van der Waals surface area contributed by atoms with Gasteiger partial charge in [0, 0.05) is 24.2 Å². The molecule has 1 atom stereocenters. The van der Waals surface area contributed by atoms with Crippen LogP contribution in [0.1, 0.15) is 6.42 Å². The van der Waals surface area contributed by atoms with Crippen molar-refractivity contribution in [3.63, 3.8) is 0 Å². The zero-order chi connectivity index (χ0) is 13.6. The van der Waals surface area contributed by atoms with Gasteiger partial charge in [0.2, 0.25) is 0 Å². The molecule has 1 aliphatic carbocycles. The van der Waals surface area contributed by atoms with E-state index >= 15 is 0 Å². The Kier molecular flexibility index (Phi) is 2.87. The molecule has 1 saturated carbocycles. The second kappa shape index (κ2) is 4.32. The van der Waals surface area contributed by atoms with E-state index in [0.717, 1.165) is 24.1 Å². The zero-order valence-electron chi connectivity index (χ0n) is 10.2. The second-order valence-electron chi connectivity index (χ2n) is 4.96. The van der Waals surface area contributed by atoms with Gasteiger partial charge in [0.1, 0.15) is 4.33 Å². The standard InChI is InChI=1S/C13H14Cl2N4/c14-13(15)4-10(13)7-19-6-9(5-18-19)8-1-2-11(16)12(17)3-8/h1-3,5-6,10H,4,7,16-17H2. The van der Waals surface area contributed by atoms with Gasteiger partial charge in [-0.05, 0) is 24.1 Å². The molecule has 1 aliphatic rings. The normalized spacial score (nSPS) is 20.4. The number of hydrogen-bond acceptors (Lipinski definition) is 3. The Balaban J connectivity index is 1.79. The lowest BCUT2D eigenvalue weighted by Gasteiger charge is -2.03. The van der Waals surface area contributed by atoms with Crippen molar-refractivity contribution in [3.8, 4) is 11.1 Å². The predicted molar refractivity (Wildman–Crippen MR) is 79.0 cm³/mol. The third-order valence-electron chi connectivity index (χ3n) is 3.42. The third-order valence-corrected chi connectivity index (χ3v) is 4.34. The van der Waals surface area contributed by atoms with Gasteiger partial charge in [-0.3, -0.25) is 4.68 Å². The maximum Gasteiger partial charge on any atom is 0.123 e. The first-order chi connectivity index (χ1) is 8.95. The summed E-state index contributed by atoms with van der Waals surface area (Å²) >= 11 is 12.0. The summed E-state index contributed by atoms with van der Waals surface area (Å²) in [5, 5.41) is 4.32. The maximum atomic E-state index is 6.01. The van der Waals surface area contributed by atoms with E-state index in [9.17, 15) is 0 Å². The number of hydrogen-bond donors (Lipinski definition) is 2. The number of nitrogens with two attached hydrogens (primary N) is 2. The zero-order valence-corrected chi connectivity index (χ0v) is 11.7. The first-order valence-corrected chi connectivity index (χ1v) is 6.77. The lowest BCUT2D eigenvalue weighted by molar-refractivity contribution is 0.559. The number of alkyl halides is 2. The minimum absolute atomic E-state index is 0.278. The molecule has 1 heterocycles. The molecule has 0 bridgehead atoms. The molecule has 1 fully saturated rings. The lowest BCUT2D eigenvalue weighted by atomic mass is 10.1. The highest BCUT2D eigenvalue weighted by atomic mass is 35.5. The summed E-state index contributed by atoms with van der Waals surface area (Å²) in [4.78, 5) is 0. The maximum absolute atomic E-state index is 6.01. The number of aromatic nitrogens is 2. The number of anilines is 2. The first-order valence-electron chi connectivity index (χ1n) is 6.01. The van der Waals surface area contributed by atoms with Crippen LogP contribution in [0.25, 0.3) is 11.1 Å². The molecule has 1 aromatic carbocycles. The Morgan fingerprint density at radius 1 is 1.26 bits per heavy atom. The van der Waals surface area contributed by atoms with Crippen LogP contribution in [0.2, 0.25) is 0 Å². The summed E-state index contributed by atoms with van der Waals surface area (Å²) in [5.41, 5.74) is 14.7. The molecule has 0 aliphatic heterocycles. The smallest absolute Gasteiger partial charge is 0.123 e. The van der Waals surface area contributed by atoms with Crippen molar-refractivity contribution in [2.75, 3.05) is 11.5 Å². The van der Waals surface area contributed by atoms with Crippen molar-refractivity contribution < 1.29 is 0 Å². The average Bonchev–Trinajstić information content (AvgIpc) is 2.76. The molecule has 0 amide bonds. The van der Waals surface area contributed by atoms with Crippen molar-refractivity contribution in [2.24, 2.45) is 5.92 Å². The van der Waals surface area contributed by atoms with Crippen LogP contribution in [0, 0.1) is 5.92 Å². The van der Waals surface area contributed by atoms with Crippen LogP contribution in [-0.2, 0) is 6.54 Å². The molecule has 100 valence electrons. The Bertz CT molecular complexity index is 621. The summed E-state index contributed by atoms with van der Waals surface area (Å²) < 4.78 is 1.29. The quantitative estimate of drug-likeness (QED) is 0.676. The Labute approximate surface area is 121 Å². The van der Waals surface area contributed by atoms with Gasteiger partial charge in [-0.1, -0.05) is 6.07 Å². The molecule has 0 spiro atoms. The molecule has 3 rings (SSSR count). The molecular weight excluding hydrogens is 283 g/mol. The molecule has 19 heavy (non-hydrogen) atoms. The van der Waals surface area contributed by atoms with Crippen LogP contribution in [-0.4, -0.2) is 14.1 Å². The van der Waals surface area contributed by atoms with E-state index in [1.165, 1.54) is 0 Å². The molecule has 6 heteroatoms. The molecule has 2 aromatic rings. The van der Waals surface area contributed by atoms with Gasteiger partial charge < -0.3 is 11.5 Å². The largest absolute Gasteiger partial charge is 0.397 e. The Morgan fingerprint density at radius 2 is 2.00 bits per heavy atom. The SMILES string of the molecule is Nc1ccc(-c2cnn(CC3CC3(Cl)Cl)c2)cc1N. The fourth-order valence-electron chi connectivity index (χ4n) is 2.06. The second-order valence-corrected chi connectivity index (χ2v) is 6.50. The summed E-state index contributed by atoms with van der Waals surface area (Å²) in [7, 11) is 0. The summed E-state index contributed by atoms with van der Waals surface area (Å²) in [6.07, 6.45) is 4.59. The molecule has 0 saturated heterocycles.